The molecule has 7 nitrogen and oxygen atoms in total. The monoisotopic (exact) mass is 909 g/mol. The number of carbonyl (C=O) groups excluding carboxylic acids is 2. The number of ketones is 1. The highest BCUT2D eigenvalue weighted by Gasteiger charge is 2.61. The van der Waals surface area contributed by atoms with Crippen LogP contribution < -0.4 is 10.4 Å². The summed E-state index contributed by atoms with van der Waals surface area (Å²) in [6.07, 6.45) is 6.09. The summed E-state index contributed by atoms with van der Waals surface area (Å²) in [5.41, 5.74) is 1.31. The molecule has 9 heteroatoms. The molecule has 3 aromatic carbocycles. The third-order valence-corrected chi connectivity index (χ3v) is 24.0. The van der Waals surface area contributed by atoms with Gasteiger partial charge in [0.2, 0.25) is 0 Å². The number of carbonyl (C=O) groups is 2. The highest BCUT2D eigenvalue weighted by atomic mass is 28.4. The number of esters is 1. The Morgan fingerprint density at radius 1 is 0.891 bits per heavy atom. The maximum atomic E-state index is 14.7. The van der Waals surface area contributed by atoms with E-state index in [0.29, 0.717) is 32.7 Å². The molecule has 1 aliphatic heterocycles. The van der Waals surface area contributed by atoms with E-state index in [1.165, 1.54) is 15.9 Å². The molecule has 350 valence electrons. The molecule has 0 spiro atoms. The van der Waals surface area contributed by atoms with Crippen molar-refractivity contribution in [3.8, 4) is 0 Å². The predicted octanol–water partition coefficient (Wildman–Crippen LogP) is 11.7. The zero-order valence-electron chi connectivity index (χ0n) is 41.3. The van der Waals surface area contributed by atoms with Crippen LogP contribution in [0, 0.1) is 29.6 Å². The van der Waals surface area contributed by atoms with Gasteiger partial charge in [0.1, 0.15) is 12.0 Å². The second-order valence-corrected chi connectivity index (χ2v) is 30.4. The van der Waals surface area contributed by atoms with Gasteiger partial charge < -0.3 is 23.1 Å². The molecule has 0 amide bonds. The van der Waals surface area contributed by atoms with E-state index in [2.05, 4.69) is 161 Å². The summed E-state index contributed by atoms with van der Waals surface area (Å²) in [5, 5.41) is 2.10. The number of benzene rings is 3. The molecule has 0 N–H and O–H groups in total. The smallest absolute Gasteiger partial charge is 0.319 e. The fourth-order valence-corrected chi connectivity index (χ4v) is 16.1. The summed E-state index contributed by atoms with van der Waals surface area (Å²) in [6, 6.07) is 31.8. The molecule has 1 unspecified atom stereocenters. The summed E-state index contributed by atoms with van der Waals surface area (Å²) in [7, 11) is -5.52. The molecule has 3 aromatic rings. The summed E-state index contributed by atoms with van der Waals surface area (Å²) in [4.78, 5) is 29.0. The van der Waals surface area contributed by atoms with Gasteiger partial charge in [0.05, 0.1) is 31.5 Å². The van der Waals surface area contributed by atoms with E-state index in [1.54, 1.807) is 6.92 Å². The van der Waals surface area contributed by atoms with Gasteiger partial charge >= 0.3 is 5.97 Å². The van der Waals surface area contributed by atoms with E-state index in [9.17, 15) is 9.59 Å². The van der Waals surface area contributed by atoms with Crippen LogP contribution in [-0.4, -0.2) is 66.0 Å². The minimum atomic E-state index is -2.89. The van der Waals surface area contributed by atoms with Gasteiger partial charge in [0.25, 0.3) is 8.32 Å². The van der Waals surface area contributed by atoms with E-state index in [1.807, 2.05) is 24.3 Å². The highest BCUT2D eigenvalue weighted by Crippen LogP contribution is 2.53. The lowest BCUT2D eigenvalue weighted by molar-refractivity contribution is -0.212. The largest absolute Gasteiger partial charge is 0.465 e. The second kappa shape index (κ2) is 21.9. The Bertz CT molecular complexity index is 1950. The van der Waals surface area contributed by atoms with Gasteiger partial charge in [-0.05, 0) is 95.0 Å². The third kappa shape index (κ3) is 11.7. The number of hydrogen-bond donors (Lipinski definition) is 0. The van der Waals surface area contributed by atoms with Crippen molar-refractivity contribution in [2.75, 3.05) is 19.8 Å². The Morgan fingerprint density at radius 3 is 2.00 bits per heavy atom. The first-order chi connectivity index (χ1) is 30.2. The van der Waals surface area contributed by atoms with Gasteiger partial charge in [-0.2, -0.15) is 0 Å². The van der Waals surface area contributed by atoms with Crippen LogP contribution in [0.2, 0.25) is 23.2 Å². The molecule has 1 aliphatic carbocycles. The van der Waals surface area contributed by atoms with Crippen molar-refractivity contribution < 1.29 is 32.7 Å². The molecule has 1 saturated heterocycles. The predicted molar refractivity (Wildman–Crippen MR) is 267 cm³/mol. The highest BCUT2D eigenvalue weighted by molar-refractivity contribution is 6.99. The van der Waals surface area contributed by atoms with Crippen LogP contribution in [0.25, 0.3) is 0 Å². The van der Waals surface area contributed by atoms with Crippen LogP contribution in [0.5, 0.6) is 0 Å². The Labute approximate surface area is 389 Å². The van der Waals surface area contributed by atoms with Gasteiger partial charge in [-0.15, -0.1) is 6.58 Å². The quantitative estimate of drug-likeness (QED) is 0.0367. The number of rotatable bonds is 20. The first kappa shape index (κ1) is 51.5. The lowest BCUT2D eigenvalue weighted by atomic mass is 9.64. The second-order valence-electron chi connectivity index (χ2n) is 21.3. The zero-order valence-corrected chi connectivity index (χ0v) is 43.3. The number of Topliss-reactive ketones (excluding diaryl/α,β-unsaturated/α-hetero) is 1. The molecular weight excluding hydrogens is 829 g/mol. The minimum Gasteiger partial charge on any atom is -0.465 e. The van der Waals surface area contributed by atoms with Crippen LogP contribution >= 0.6 is 0 Å². The Hall–Kier alpha value is -3.45. The van der Waals surface area contributed by atoms with Gasteiger partial charge in [0, 0.05) is 18.9 Å². The standard InChI is InChI=1S/C55H80O7Si2/c1-14-40(3)34-41(4)49-36-48(56)50(52(57)59-15-2)51(61-49)55(62-63(12,13)53(6,7)8)37-42(5)44(35-45(55)28-25-33-58-38-43-26-19-16-20-27-43)39-60-64(54(9,10)11,46-29-21-17-22-30-46)47-31-23-18-24-32-47/h14,16-24,26-27,29-32,35,40-42,45,49-51H,1,15,25,28,33-34,36-39H2,2-13H3/t40-,41-,42+,45+,49+,50?,51-,55+/m1/s1. The average molecular weight is 909 g/mol. The molecule has 1 heterocycles. The van der Waals surface area contributed by atoms with E-state index in [-0.39, 0.29) is 58.7 Å². The van der Waals surface area contributed by atoms with Crippen LogP contribution in [0.1, 0.15) is 107 Å². The van der Waals surface area contributed by atoms with Gasteiger partial charge in [-0.25, -0.2) is 0 Å². The Morgan fingerprint density at radius 2 is 1.47 bits per heavy atom. The third-order valence-electron chi connectivity index (χ3n) is 14.5. The van der Waals surface area contributed by atoms with E-state index < -0.39 is 40.2 Å². The fraction of sp³-hybridized carbons (Fsp3) is 0.564. The van der Waals surface area contributed by atoms with Crippen LogP contribution in [-0.2, 0) is 39.3 Å². The number of ether oxygens (including phenoxy) is 3. The Kier molecular flexibility index (Phi) is 17.6. The fourth-order valence-electron chi connectivity index (χ4n) is 9.96. The van der Waals surface area contributed by atoms with Crippen molar-refractivity contribution >= 4 is 38.8 Å². The van der Waals surface area contributed by atoms with Crippen LogP contribution in [0.4, 0.5) is 0 Å². The number of allylic oxidation sites excluding steroid dienone is 1. The van der Waals surface area contributed by atoms with E-state index in [4.69, 9.17) is 23.1 Å². The number of hydrogen-bond acceptors (Lipinski definition) is 7. The molecule has 1 fully saturated rings. The molecule has 5 rings (SSSR count). The SMILES string of the molecule is C=C[C@@H](C)C[C@@H](C)[C@@H]1CC(=O)C(C(=O)OCC)[C@H]([C@]2(O[Si](C)(C)C(C)(C)C)C[C@H](C)C(CO[Si](c3ccccc3)(c3ccccc3)C(C)(C)C)=C[C@@H]2CCCOCc2ccccc2)O1. The molecule has 0 saturated carbocycles. The molecule has 0 radical (unpaired) electrons. The normalized spacial score (nSPS) is 24.4. The van der Waals surface area contributed by atoms with Crippen molar-refractivity contribution in [2.24, 2.45) is 29.6 Å². The molecule has 2 aliphatic rings. The van der Waals surface area contributed by atoms with E-state index >= 15 is 0 Å². The van der Waals surface area contributed by atoms with Gasteiger partial charge in [-0.3, -0.25) is 9.59 Å². The first-order valence-electron chi connectivity index (χ1n) is 24.0. The molecule has 8 atom stereocenters. The van der Waals surface area contributed by atoms with Gasteiger partial charge in [0.15, 0.2) is 14.1 Å². The first-order valence-corrected chi connectivity index (χ1v) is 28.8. The summed E-state index contributed by atoms with van der Waals surface area (Å²) >= 11 is 0. The molecule has 0 aromatic heterocycles. The van der Waals surface area contributed by atoms with Crippen LogP contribution in [0.15, 0.2) is 115 Å². The average Bonchev–Trinajstić information content (AvgIpc) is 3.24. The van der Waals surface area contributed by atoms with Crippen LogP contribution in [0.3, 0.4) is 0 Å². The van der Waals surface area contributed by atoms with Gasteiger partial charge in [-0.1, -0.05) is 165 Å². The molecule has 0 bridgehead atoms. The lowest BCUT2D eigenvalue weighted by Gasteiger charge is -2.57. The zero-order chi connectivity index (χ0) is 46.9. The van der Waals surface area contributed by atoms with Crippen molar-refractivity contribution in [3.63, 3.8) is 0 Å². The molecule has 64 heavy (non-hydrogen) atoms. The summed E-state index contributed by atoms with van der Waals surface area (Å²) in [5.74, 6) is -1.73. The maximum absolute atomic E-state index is 14.7. The summed E-state index contributed by atoms with van der Waals surface area (Å²) < 4.78 is 35.0. The topological polar surface area (TPSA) is 80.3 Å². The molecular formula is C55H80O7Si2. The van der Waals surface area contributed by atoms with Crippen molar-refractivity contribution in [3.05, 3.63) is 121 Å². The maximum Gasteiger partial charge on any atom is 0.319 e. The van der Waals surface area contributed by atoms with Crippen molar-refractivity contribution in [1.82, 2.24) is 0 Å². The van der Waals surface area contributed by atoms with Crippen molar-refractivity contribution in [1.29, 1.82) is 0 Å². The summed E-state index contributed by atoms with van der Waals surface area (Å²) in [6.45, 7) is 32.3. The minimum absolute atomic E-state index is 0.0197. The Balaban J connectivity index is 1.67. The lowest BCUT2D eigenvalue weighted by Crippen LogP contribution is -2.67. The van der Waals surface area contributed by atoms with Crippen molar-refractivity contribution in [2.45, 2.75) is 149 Å². The van der Waals surface area contributed by atoms with E-state index in [0.717, 1.165) is 18.4 Å².